The second-order valence-corrected chi connectivity index (χ2v) is 4.76. The van der Waals surface area contributed by atoms with E-state index in [1.807, 2.05) is 24.4 Å². The highest BCUT2D eigenvalue weighted by molar-refractivity contribution is 7.03. The van der Waals surface area contributed by atoms with Crippen LogP contribution in [0.4, 0.5) is 5.69 Å². The van der Waals surface area contributed by atoms with Crippen molar-refractivity contribution in [3.05, 3.63) is 38.8 Å². The highest BCUT2D eigenvalue weighted by atomic mass is 35.5. The van der Waals surface area contributed by atoms with Gasteiger partial charge in [-0.25, -0.2) is 0 Å². The van der Waals surface area contributed by atoms with Gasteiger partial charge in [0.25, 0.3) is 0 Å². The van der Waals surface area contributed by atoms with E-state index in [0.717, 1.165) is 16.9 Å². The van der Waals surface area contributed by atoms with Gasteiger partial charge in [0.2, 0.25) is 0 Å². The maximum Gasteiger partial charge on any atom is 0.0946 e. The third kappa shape index (κ3) is 2.64. The van der Waals surface area contributed by atoms with E-state index in [-0.39, 0.29) is 0 Å². The van der Waals surface area contributed by atoms with Crippen LogP contribution in [0, 0.1) is 6.92 Å². The second kappa shape index (κ2) is 4.99. The van der Waals surface area contributed by atoms with Crippen LogP contribution < -0.4 is 5.32 Å². The van der Waals surface area contributed by atoms with E-state index in [9.17, 15) is 0 Å². The molecule has 0 bridgehead atoms. The molecular formula is C10H9Cl2N3S. The molecule has 0 saturated carbocycles. The molecule has 0 amide bonds. The molecule has 2 rings (SSSR count). The highest BCUT2D eigenvalue weighted by Crippen LogP contribution is 2.28. The molecule has 84 valence electrons. The molecule has 1 N–H and O–H groups in total. The van der Waals surface area contributed by atoms with Gasteiger partial charge >= 0.3 is 0 Å². The Kier molecular flexibility index (Phi) is 3.63. The lowest BCUT2D eigenvalue weighted by Gasteiger charge is -2.08. The molecule has 0 spiro atoms. The van der Waals surface area contributed by atoms with Crippen LogP contribution in [0.5, 0.6) is 0 Å². The molecule has 2 aromatic rings. The van der Waals surface area contributed by atoms with Crippen molar-refractivity contribution in [2.75, 3.05) is 5.32 Å². The molecule has 0 radical (unpaired) electrons. The summed E-state index contributed by atoms with van der Waals surface area (Å²) in [6.07, 6.45) is 0. The molecule has 0 aliphatic carbocycles. The zero-order valence-electron chi connectivity index (χ0n) is 8.50. The minimum absolute atomic E-state index is 0.593. The third-order valence-corrected chi connectivity index (χ3v) is 3.39. The number of nitrogens with zero attached hydrogens (tertiary/aromatic N) is 2. The number of halogens is 2. The molecule has 0 aliphatic heterocycles. The zero-order chi connectivity index (χ0) is 11.5. The smallest absolute Gasteiger partial charge is 0.0946 e. The summed E-state index contributed by atoms with van der Waals surface area (Å²) in [7, 11) is 0. The predicted octanol–water partition coefficient (Wildman–Crippen LogP) is 3.77. The molecule has 0 fully saturated rings. The minimum Gasteiger partial charge on any atom is -0.378 e. The van der Waals surface area contributed by atoms with Crippen molar-refractivity contribution in [2.24, 2.45) is 0 Å². The number of hydrogen-bond donors (Lipinski definition) is 1. The van der Waals surface area contributed by atoms with E-state index in [1.54, 1.807) is 0 Å². The van der Waals surface area contributed by atoms with Crippen molar-refractivity contribution in [1.29, 1.82) is 0 Å². The van der Waals surface area contributed by atoms with Crippen molar-refractivity contribution in [2.45, 2.75) is 13.5 Å². The Morgan fingerprint density at radius 1 is 1.31 bits per heavy atom. The summed E-state index contributed by atoms with van der Waals surface area (Å²) in [4.78, 5) is 0. The summed E-state index contributed by atoms with van der Waals surface area (Å²) >= 11 is 13.4. The molecule has 3 nitrogen and oxygen atoms in total. The Balaban J connectivity index is 2.12. The molecule has 0 atom stereocenters. The fraction of sp³-hybridized carbons (Fsp3) is 0.200. The molecule has 0 saturated heterocycles. The number of anilines is 1. The van der Waals surface area contributed by atoms with Gasteiger partial charge in [0.1, 0.15) is 0 Å². The quantitative estimate of drug-likeness (QED) is 0.925. The van der Waals surface area contributed by atoms with Gasteiger partial charge in [0.05, 0.1) is 22.9 Å². The van der Waals surface area contributed by atoms with Gasteiger partial charge in [0.15, 0.2) is 0 Å². The first-order chi connectivity index (χ1) is 7.66. The van der Waals surface area contributed by atoms with E-state index in [4.69, 9.17) is 23.2 Å². The molecule has 0 aliphatic rings. The zero-order valence-corrected chi connectivity index (χ0v) is 10.8. The number of hydrogen-bond acceptors (Lipinski definition) is 4. The maximum atomic E-state index is 6.09. The van der Waals surface area contributed by atoms with Crippen LogP contribution in [0.1, 0.15) is 11.3 Å². The van der Waals surface area contributed by atoms with E-state index in [0.29, 0.717) is 16.6 Å². The van der Waals surface area contributed by atoms with Gasteiger partial charge in [-0.05, 0) is 36.2 Å². The van der Waals surface area contributed by atoms with Gasteiger partial charge in [-0.3, -0.25) is 0 Å². The molecule has 6 heteroatoms. The molecule has 1 aromatic heterocycles. The fourth-order valence-electron chi connectivity index (χ4n) is 1.23. The van der Waals surface area contributed by atoms with E-state index in [1.165, 1.54) is 11.5 Å². The van der Waals surface area contributed by atoms with Crippen molar-refractivity contribution in [1.82, 2.24) is 9.59 Å². The van der Waals surface area contributed by atoms with Crippen LogP contribution in [0.2, 0.25) is 10.0 Å². The lowest BCUT2D eigenvalue weighted by molar-refractivity contribution is 0.999. The van der Waals surface area contributed by atoms with Crippen LogP contribution in [0.3, 0.4) is 0 Å². The van der Waals surface area contributed by atoms with Crippen LogP contribution in [-0.2, 0) is 6.54 Å². The van der Waals surface area contributed by atoms with Crippen molar-refractivity contribution < 1.29 is 0 Å². The molecule has 1 heterocycles. The highest BCUT2D eigenvalue weighted by Gasteiger charge is 2.05. The SMILES string of the molecule is Cc1cc(Cl)c(NCc2csnn2)cc1Cl. The topological polar surface area (TPSA) is 37.8 Å². The normalized spacial score (nSPS) is 10.4. The van der Waals surface area contributed by atoms with Gasteiger partial charge in [-0.1, -0.05) is 27.7 Å². The first-order valence-corrected chi connectivity index (χ1v) is 6.21. The summed E-state index contributed by atoms with van der Waals surface area (Å²) in [5.41, 5.74) is 2.66. The molecule has 0 unspecified atom stereocenters. The van der Waals surface area contributed by atoms with Crippen LogP contribution in [0.25, 0.3) is 0 Å². The first-order valence-electron chi connectivity index (χ1n) is 4.62. The summed E-state index contributed by atoms with van der Waals surface area (Å²) in [6, 6.07) is 3.66. The van der Waals surface area contributed by atoms with Crippen molar-refractivity contribution in [3.63, 3.8) is 0 Å². The Morgan fingerprint density at radius 2 is 2.12 bits per heavy atom. The Bertz CT molecular complexity index is 485. The van der Waals surface area contributed by atoms with E-state index in [2.05, 4.69) is 14.9 Å². The van der Waals surface area contributed by atoms with E-state index < -0.39 is 0 Å². The van der Waals surface area contributed by atoms with Crippen molar-refractivity contribution >= 4 is 40.4 Å². The van der Waals surface area contributed by atoms with E-state index >= 15 is 0 Å². The standard InChI is InChI=1S/C10H9Cl2N3S/c1-6-2-9(12)10(3-8(6)11)13-4-7-5-16-15-14-7/h2-3,5,13H,4H2,1H3. The Hall–Kier alpha value is -0.840. The summed E-state index contributed by atoms with van der Waals surface area (Å²) in [6.45, 7) is 2.51. The van der Waals surface area contributed by atoms with Gasteiger partial charge in [-0.2, -0.15) is 0 Å². The maximum absolute atomic E-state index is 6.09. The van der Waals surface area contributed by atoms with Gasteiger partial charge in [0, 0.05) is 10.4 Å². The van der Waals surface area contributed by atoms with Crippen LogP contribution in [0.15, 0.2) is 17.5 Å². The number of rotatable bonds is 3. The molecule has 1 aromatic carbocycles. The summed E-state index contributed by atoms with van der Waals surface area (Å²) < 4.78 is 3.78. The Morgan fingerprint density at radius 3 is 2.81 bits per heavy atom. The number of nitrogens with one attached hydrogen (secondary N) is 1. The average molecular weight is 274 g/mol. The third-order valence-electron chi connectivity index (χ3n) is 2.11. The predicted molar refractivity (Wildman–Crippen MR) is 68.4 cm³/mol. The number of aromatic nitrogens is 2. The average Bonchev–Trinajstić information content (AvgIpc) is 2.74. The van der Waals surface area contributed by atoms with Crippen LogP contribution in [-0.4, -0.2) is 9.59 Å². The molecular weight excluding hydrogens is 265 g/mol. The largest absolute Gasteiger partial charge is 0.378 e. The number of benzene rings is 1. The molecule has 16 heavy (non-hydrogen) atoms. The minimum atomic E-state index is 0.593. The lowest BCUT2D eigenvalue weighted by Crippen LogP contribution is -2.00. The Labute approximate surface area is 108 Å². The van der Waals surface area contributed by atoms with Crippen molar-refractivity contribution in [3.8, 4) is 0 Å². The summed E-state index contributed by atoms with van der Waals surface area (Å²) in [5, 5.41) is 10.3. The fourth-order valence-corrected chi connectivity index (χ4v) is 2.13. The monoisotopic (exact) mass is 273 g/mol. The number of aryl methyl sites for hydroxylation is 1. The first kappa shape index (κ1) is 11.6. The van der Waals surface area contributed by atoms with Gasteiger partial charge in [-0.15, -0.1) is 5.10 Å². The second-order valence-electron chi connectivity index (χ2n) is 3.33. The summed E-state index contributed by atoms with van der Waals surface area (Å²) in [5.74, 6) is 0. The van der Waals surface area contributed by atoms with Gasteiger partial charge < -0.3 is 5.32 Å². The van der Waals surface area contributed by atoms with Crippen LogP contribution >= 0.6 is 34.7 Å². The lowest BCUT2D eigenvalue weighted by atomic mass is 10.2.